The molecule has 0 aliphatic carbocycles. The van der Waals surface area contributed by atoms with Crippen molar-refractivity contribution in [2.45, 2.75) is 19.3 Å². The Hall–Kier alpha value is -6.10. The number of carboxylic acid groups (broad SMARTS) is 2. The fourth-order valence-electron chi connectivity index (χ4n) is 5.77. The maximum atomic E-state index is 12.7. The quantitative estimate of drug-likeness (QED) is 0.204. The van der Waals surface area contributed by atoms with Crippen LogP contribution in [0.1, 0.15) is 67.9 Å². The number of carboxylic acids is 2. The van der Waals surface area contributed by atoms with Crippen molar-refractivity contribution in [2.24, 2.45) is 0 Å². The van der Waals surface area contributed by atoms with Crippen LogP contribution in [0, 0.1) is 23.7 Å². The van der Waals surface area contributed by atoms with E-state index < -0.39 is 17.4 Å². The van der Waals surface area contributed by atoms with E-state index in [1.165, 1.54) is 0 Å². The molecule has 6 aromatic rings. The van der Waals surface area contributed by atoms with Gasteiger partial charge in [0.1, 0.15) is 0 Å². The van der Waals surface area contributed by atoms with Crippen molar-refractivity contribution in [3.63, 3.8) is 0 Å². The first-order valence-electron chi connectivity index (χ1n) is 14.5. The summed E-state index contributed by atoms with van der Waals surface area (Å²) in [5.41, 5.74) is 2.23. The van der Waals surface area contributed by atoms with Crippen LogP contribution in [0.5, 0.6) is 0 Å². The van der Waals surface area contributed by atoms with Crippen molar-refractivity contribution in [2.75, 3.05) is 0 Å². The lowest BCUT2D eigenvalue weighted by Crippen LogP contribution is -2.26. The highest BCUT2D eigenvalue weighted by Gasteiger charge is 2.33. The summed E-state index contributed by atoms with van der Waals surface area (Å²) in [6.07, 6.45) is 0. The van der Waals surface area contributed by atoms with E-state index in [0.29, 0.717) is 22.3 Å². The summed E-state index contributed by atoms with van der Waals surface area (Å²) in [4.78, 5) is 25.5. The third-order valence-corrected chi connectivity index (χ3v) is 8.09. The molecule has 45 heavy (non-hydrogen) atoms. The highest BCUT2D eigenvalue weighted by Crippen LogP contribution is 2.38. The second-order valence-corrected chi connectivity index (χ2v) is 11.3. The summed E-state index contributed by atoms with van der Waals surface area (Å²) < 4.78 is 0. The van der Waals surface area contributed by atoms with E-state index in [9.17, 15) is 19.8 Å². The predicted molar refractivity (Wildman–Crippen MR) is 179 cm³/mol. The average Bonchev–Trinajstić information content (AvgIpc) is 3.05. The summed E-state index contributed by atoms with van der Waals surface area (Å²) in [5.74, 6) is 10.1. The number of benzene rings is 6. The molecule has 216 valence electrons. The van der Waals surface area contributed by atoms with Gasteiger partial charge >= 0.3 is 11.9 Å². The highest BCUT2D eigenvalue weighted by molar-refractivity contribution is 5.96. The Morgan fingerprint density at radius 3 is 1.29 bits per heavy atom. The standard InChI is InChI=1S/C41H28O4/c1-41(2,35-15-7-13-31(37(35)39(42)43)23-19-27-17-21-29-9-3-5-11-33(29)25-27)36-16-8-14-32(38(36)40(44)45)24-20-28-18-22-30-10-4-6-12-34(30)26-28/h3-18,21-22,25-26H,1-2H3,(H,42,43)(H,44,45). The fraction of sp³-hybridized carbons (Fsp3) is 0.0732. The number of aromatic carboxylic acids is 2. The van der Waals surface area contributed by atoms with Crippen molar-refractivity contribution in [3.8, 4) is 23.7 Å². The Kier molecular flexibility index (Phi) is 7.66. The smallest absolute Gasteiger partial charge is 0.337 e. The Balaban J connectivity index is 1.43. The second kappa shape index (κ2) is 11.9. The molecule has 0 aliphatic heterocycles. The summed E-state index contributed by atoms with van der Waals surface area (Å²) in [5, 5.41) is 25.1. The molecular formula is C41H28O4. The molecule has 0 saturated heterocycles. The summed E-state index contributed by atoms with van der Waals surface area (Å²) in [7, 11) is 0. The molecule has 0 radical (unpaired) electrons. The number of fused-ring (bicyclic) bond motifs is 2. The molecule has 0 saturated carbocycles. The Labute approximate surface area is 261 Å². The first kappa shape index (κ1) is 29.0. The molecule has 6 aromatic carbocycles. The van der Waals surface area contributed by atoms with Gasteiger partial charge in [-0.15, -0.1) is 0 Å². The molecule has 4 nitrogen and oxygen atoms in total. The van der Waals surface area contributed by atoms with Crippen LogP contribution in [0.3, 0.4) is 0 Å². The van der Waals surface area contributed by atoms with Crippen molar-refractivity contribution >= 4 is 33.5 Å². The van der Waals surface area contributed by atoms with Gasteiger partial charge in [-0.1, -0.05) is 122 Å². The van der Waals surface area contributed by atoms with Crippen molar-refractivity contribution in [1.29, 1.82) is 0 Å². The molecule has 0 fully saturated rings. The fourth-order valence-corrected chi connectivity index (χ4v) is 5.77. The van der Waals surface area contributed by atoms with E-state index in [2.05, 4.69) is 23.7 Å². The third-order valence-electron chi connectivity index (χ3n) is 8.09. The van der Waals surface area contributed by atoms with Gasteiger partial charge < -0.3 is 10.2 Å². The molecule has 4 heteroatoms. The lowest BCUT2D eigenvalue weighted by Gasteiger charge is -2.30. The van der Waals surface area contributed by atoms with Gasteiger partial charge in [0, 0.05) is 27.7 Å². The minimum Gasteiger partial charge on any atom is -0.478 e. The van der Waals surface area contributed by atoms with Crippen LogP contribution in [-0.2, 0) is 5.41 Å². The molecule has 0 unspecified atom stereocenters. The minimum absolute atomic E-state index is 0.0415. The van der Waals surface area contributed by atoms with E-state index in [0.717, 1.165) is 32.7 Å². The van der Waals surface area contributed by atoms with Crippen molar-refractivity contribution in [1.82, 2.24) is 0 Å². The largest absolute Gasteiger partial charge is 0.478 e. The molecule has 0 aliphatic rings. The van der Waals surface area contributed by atoms with Gasteiger partial charge in [-0.2, -0.15) is 0 Å². The number of rotatable bonds is 4. The van der Waals surface area contributed by atoms with Crippen LogP contribution in [0.25, 0.3) is 21.5 Å². The first-order valence-corrected chi connectivity index (χ1v) is 14.5. The van der Waals surface area contributed by atoms with E-state index in [1.807, 2.05) is 98.8 Å². The summed E-state index contributed by atoms with van der Waals surface area (Å²) >= 11 is 0. The molecular weight excluding hydrogens is 556 g/mol. The number of carbonyl (C=O) groups is 2. The van der Waals surface area contributed by atoms with Crippen LogP contribution < -0.4 is 0 Å². The maximum absolute atomic E-state index is 12.7. The number of hydrogen-bond donors (Lipinski definition) is 2. The Morgan fingerprint density at radius 2 is 0.889 bits per heavy atom. The molecule has 6 rings (SSSR count). The van der Waals surface area contributed by atoms with Crippen molar-refractivity contribution in [3.05, 3.63) is 166 Å². The summed E-state index contributed by atoms with van der Waals surface area (Å²) in [6, 6.07) is 38.0. The lowest BCUT2D eigenvalue weighted by molar-refractivity contribution is 0.0686. The van der Waals surface area contributed by atoms with Gasteiger partial charge in [0.05, 0.1) is 11.1 Å². The molecule has 0 bridgehead atoms. The van der Waals surface area contributed by atoms with Gasteiger partial charge in [0.2, 0.25) is 0 Å². The zero-order chi connectivity index (χ0) is 31.6. The van der Waals surface area contributed by atoms with E-state index in [4.69, 9.17) is 0 Å². The first-order chi connectivity index (χ1) is 21.7. The van der Waals surface area contributed by atoms with Crippen LogP contribution in [0.4, 0.5) is 0 Å². The molecule has 0 atom stereocenters. The molecule has 0 spiro atoms. The van der Waals surface area contributed by atoms with Gasteiger partial charge in [-0.3, -0.25) is 0 Å². The van der Waals surface area contributed by atoms with Gasteiger partial charge in [-0.25, -0.2) is 9.59 Å². The Morgan fingerprint density at radius 1 is 0.489 bits per heavy atom. The van der Waals surface area contributed by atoms with Gasteiger partial charge in [0.25, 0.3) is 0 Å². The molecule has 0 amide bonds. The molecule has 0 heterocycles. The van der Waals surface area contributed by atoms with E-state index in [-0.39, 0.29) is 11.1 Å². The van der Waals surface area contributed by atoms with E-state index >= 15 is 0 Å². The average molecular weight is 585 g/mol. The predicted octanol–water partition coefficient (Wildman–Crippen LogP) is 8.51. The van der Waals surface area contributed by atoms with Crippen LogP contribution in [0.15, 0.2) is 121 Å². The maximum Gasteiger partial charge on any atom is 0.337 e. The normalized spacial score (nSPS) is 10.9. The zero-order valence-electron chi connectivity index (χ0n) is 24.8. The van der Waals surface area contributed by atoms with Gasteiger partial charge in [0.15, 0.2) is 0 Å². The third kappa shape index (κ3) is 5.78. The summed E-state index contributed by atoms with van der Waals surface area (Å²) in [6.45, 7) is 3.66. The topological polar surface area (TPSA) is 74.6 Å². The second-order valence-electron chi connectivity index (χ2n) is 11.3. The molecule has 2 N–H and O–H groups in total. The van der Waals surface area contributed by atoms with Crippen LogP contribution in [0.2, 0.25) is 0 Å². The molecule has 0 aromatic heterocycles. The van der Waals surface area contributed by atoms with Gasteiger partial charge in [-0.05, 0) is 69.1 Å². The van der Waals surface area contributed by atoms with Crippen molar-refractivity contribution < 1.29 is 19.8 Å². The Bertz CT molecular complexity index is 2110. The SMILES string of the molecule is CC(C)(c1cccc(C#Cc2ccc3ccccc3c2)c1C(=O)O)c1cccc(C#Cc2ccc3ccccc3c2)c1C(=O)O. The monoisotopic (exact) mass is 584 g/mol. The highest BCUT2D eigenvalue weighted by atomic mass is 16.4. The zero-order valence-corrected chi connectivity index (χ0v) is 24.8. The van der Waals surface area contributed by atoms with Crippen LogP contribution >= 0.6 is 0 Å². The van der Waals surface area contributed by atoms with E-state index in [1.54, 1.807) is 36.4 Å². The minimum atomic E-state index is -1.13. The van der Waals surface area contributed by atoms with Crippen LogP contribution in [-0.4, -0.2) is 22.2 Å². The number of hydrogen-bond acceptors (Lipinski definition) is 2. The lowest BCUT2D eigenvalue weighted by atomic mass is 9.72.